The van der Waals surface area contributed by atoms with Crippen molar-refractivity contribution in [2.45, 2.75) is 31.8 Å². The van der Waals surface area contributed by atoms with E-state index in [2.05, 4.69) is 54.7 Å². The predicted molar refractivity (Wildman–Crippen MR) is 93.1 cm³/mol. The van der Waals surface area contributed by atoms with Gasteiger partial charge in [-0.2, -0.15) is 0 Å². The van der Waals surface area contributed by atoms with Crippen molar-refractivity contribution in [3.8, 4) is 0 Å². The average Bonchev–Trinajstić information content (AvgIpc) is 3.01. The molecule has 2 aromatic carbocycles. The van der Waals surface area contributed by atoms with Crippen molar-refractivity contribution in [2.75, 3.05) is 18.5 Å². The van der Waals surface area contributed by atoms with Crippen LogP contribution in [0.25, 0.3) is 6.08 Å². The number of nitrogens with zero attached hydrogens (tertiary/aromatic N) is 1. The van der Waals surface area contributed by atoms with Crippen LogP contribution in [0.15, 0.2) is 47.5 Å². The molecule has 0 aliphatic carbocycles. The Labute approximate surface area is 136 Å². The van der Waals surface area contributed by atoms with E-state index in [0.29, 0.717) is 6.04 Å². The van der Waals surface area contributed by atoms with E-state index in [9.17, 15) is 0 Å². The molecular weight excluding hydrogens is 284 g/mol. The van der Waals surface area contributed by atoms with E-state index in [1.165, 1.54) is 22.0 Å². The number of ether oxygens (including phenoxy) is 1. The maximum atomic E-state index is 5.46. The minimum Gasteiger partial charge on any atom is -0.381 e. The van der Waals surface area contributed by atoms with Gasteiger partial charge >= 0.3 is 0 Å². The second-order valence-electron chi connectivity index (χ2n) is 6.43. The van der Waals surface area contributed by atoms with Crippen LogP contribution in [0.1, 0.15) is 30.0 Å². The zero-order valence-corrected chi connectivity index (χ0v) is 13.5. The van der Waals surface area contributed by atoms with Gasteiger partial charge in [0.1, 0.15) is 0 Å². The summed E-state index contributed by atoms with van der Waals surface area (Å²) >= 11 is 0. The largest absolute Gasteiger partial charge is 0.381 e. The van der Waals surface area contributed by atoms with Crippen LogP contribution in [0.2, 0.25) is 0 Å². The fourth-order valence-electron chi connectivity index (χ4n) is 3.42. The van der Waals surface area contributed by atoms with Crippen molar-refractivity contribution >= 4 is 11.8 Å². The molecule has 23 heavy (non-hydrogen) atoms. The van der Waals surface area contributed by atoms with Crippen molar-refractivity contribution in [3.05, 3.63) is 64.2 Å². The molecule has 0 amide bonds. The molecule has 1 N–H and O–H groups in total. The lowest BCUT2D eigenvalue weighted by Gasteiger charge is -2.24. The molecular formula is C20H22N2O. The molecule has 118 valence electrons. The molecule has 3 heteroatoms. The van der Waals surface area contributed by atoms with Crippen molar-refractivity contribution in [2.24, 2.45) is 4.99 Å². The van der Waals surface area contributed by atoms with Gasteiger partial charge in [-0.1, -0.05) is 30.3 Å². The summed E-state index contributed by atoms with van der Waals surface area (Å²) < 4.78 is 5.46. The van der Waals surface area contributed by atoms with Gasteiger partial charge in [-0.25, -0.2) is 0 Å². The van der Waals surface area contributed by atoms with Gasteiger partial charge in [0, 0.05) is 24.5 Å². The molecule has 1 atom stereocenters. The van der Waals surface area contributed by atoms with E-state index in [-0.39, 0.29) is 6.04 Å². The third-order valence-electron chi connectivity index (χ3n) is 4.61. The summed E-state index contributed by atoms with van der Waals surface area (Å²) in [6.07, 6.45) is 4.40. The quantitative estimate of drug-likeness (QED) is 0.946. The Morgan fingerprint density at radius 3 is 2.65 bits per heavy atom. The normalized spacial score (nSPS) is 20.5. The summed E-state index contributed by atoms with van der Waals surface area (Å²) in [5, 5.41) is 6.05. The molecule has 2 aliphatic heterocycles. The van der Waals surface area contributed by atoms with E-state index in [1.54, 1.807) is 0 Å². The van der Waals surface area contributed by atoms with Gasteiger partial charge in [-0.15, -0.1) is 0 Å². The highest BCUT2D eigenvalue weighted by atomic mass is 16.5. The predicted octanol–water partition coefficient (Wildman–Crippen LogP) is 2.74. The number of benzene rings is 2. The van der Waals surface area contributed by atoms with Crippen LogP contribution in [0, 0.1) is 6.92 Å². The molecule has 1 saturated heterocycles. The van der Waals surface area contributed by atoms with Gasteiger partial charge in [0.2, 0.25) is 0 Å². The number of nitrogens with one attached hydrogen (secondary N) is 1. The molecule has 0 spiro atoms. The molecule has 1 unspecified atom stereocenters. The third-order valence-corrected chi connectivity index (χ3v) is 4.61. The van der Waals surface area contributed by atoms with Gasteiger partial charge < -0.3 is 10.1 Å². The van der Waals surface area contributed by atoms with Gasteiger partial charge in [0.25, 0.3) is 0 Å². The Morgan fingerprint density at radius 1 is 1.09 bits per heavy atom. The molecule has 2 heterocycles. The highest BCUT2D eigenvalue weighted by Crippen LogP contribution is 2.21. The van der Waals surface area contributed by atoms with E-state index >= 15 is 0 Å². The summed E-state index contributed by atoms with van der Waals surface area (Å²) in [6, 6.07) is 15.6. The summed E-state index contributed by atoms with van der Waals surface area (Å²) in [5.74, 6) is 0. The van der Waals surface area contributed by atoms with Crippen LogP contribution in [0.4, 0.5) is 5.69 Å². The molecule has 0 radical (unpaired) electrons. The van der Waals surface area contributed by atoms with Crippen molar-refractivity contribution in [1.82, 2.24) is 0 Å². The Bertz CT molecular complexity index is 808. The molecule has 2 aromatic rings. The van der Waals surface area contributed by atoms with Crippen LogP contribution in [-0.4, -0.2) is 19.3 Å². The lowest BCUT2D eigenvalue weighted by molar-refractivity contribution is 0.0904. The Morgan fingerprint density at radius 2 is 1.87 bits per heavy atom. The van der Waals surface area contributed by atoms with E-state index in [4.69, 9.17) is 9.73 Å². The first-order valence-corrected chi connectivity index (χ1v) is 8.39. The first-order chi connectivity index (χ1) is 11.3. The molecule has 0 aromatic heterocycles. The summed E-state index contributed by atoms with van der Waals surface area (Å²) in [6.45, 7) is 3.85. The molecule has 3 nitrogen and oxygen atoms in total. The monoisotopic (exact) mass is 306 g/mol. The van der Waals surface area contributed by atoms with Gasteiger partial charge in [-0.05, 0) is 49.1 Å². The Hall–Kier alpha value is -2.13. The van der Waals surface area contributed by atoms with Crippen molar-refractivity contribution in [1.29, 1.82) is 0 Å². The Balaban J connectivity index is 1.70. The SMILES string of the molecule is Cc1cc(NC2CCOCC2)c2c(c1)=CC(c1ccccc1)N=2. The highest BCUT2D eigenvalue weighted by Gasteiger charge is 2.17. The zero-order chi connectivity index (χ0) is 15.6. The van der Waals surface area contributed by atoms with Crippen LogP contribution in [0.3, 0.4) is 0 Å². The standard InChI is InChI=1S/C20H22N2O/c1-14-11-16-13-18(15-5-3-2-4-6-15)22-20(16)19(12-14)21-17-7-9-23-10-8-17/h2-6,11-13,17-18,21H,7-10H2,1H3. The van der Waals surface area contributed by atoms with Crippen molar-refractivity contribution in [3.63, 3.8) is 0 Å². The lowest BCUT2D eigenvalue weighted by Crippen LogP contribution is -2.33. The van der Waals surface area contributed by atoms with Crippen molar-refractivity contribution < 1.29 is 4.74 Å². The van der Waals surface area contributed by atoms with E-state index < -0.39 is 0 Å². The molecule has 1 fully saturated rings. The minimum atomic E-state index is 0.128. The van der Waals surface area contributed by atoms with Gasteiger partial charge in [0.05, 0.1) is 17.1 Å². The van der Waals surface area contributed by atoms with Gasteiger partial charge in [-0.3, -0.25) is 4.99 Å². The molecule has 0 saturated carbocycles. The highest BCUT2D eigenvalue weighted by molar-refractivity contribution is 5.53. The summed E-state index contributed by atoms with van der Waals surface area (Å²) in [5.41, 5.74) is 3.69. The third kappa shape index (κ3) is 3.02. The Kier molecular flexibility index (Phi) is 3.88. The van der Waals surface area contributed by atoms with Crippen LogP contribution >= 0.6 is 0 Å². The first kappa shape index (κ1) is 14.5. The summed E-state index contributed by atoms with van der Waals surface area (Å²) in [7, 11) is 0. The van der Waals surface area contributed by atoms with Crippen LogP contribution in [-0.2, 0) is 4.74 Å². The van der Waals surface area contributed by atoms with E-state index in [1.807, 2.05) is 6.07 Å². The summed E-state index contributed by atoms with van der Waals surface area (Å²) in [4.78, 5) is 4.98. The fourth-order valence-corrected chi connectivity index (χ4v) is 3.42. The molecule has 0 bridgehead atoms. The second-order valence-corrected chi connectivity index (χ2v) is 6.43. The number of rotatable bonds is 3. The number of fused-ring (bicyclic) bond motifs is 1. The van der Waals surface area contributed by atoms with Gasteiger partial charge in [0.15, 0.2) is 0 Å². The smallest absolute Gasteiger partial charge is 0.0948 e. The fraction of sp³-hybridized carbons (Fsp3) is 0.350. The maximum Gasteiger partial charge on any atom is 0.0948 e. The maximum absolute atomic E-state index is 5.46. The second kappa shape index (κ2) is 6.17. The lowest BCUT2D eigenvalue weighted by atomic mass is 10.1. The molecule has 2 aliphatic rings. The zero-order valence-electron chi connectivity index (χ0n) is 13.5. The number of hydrogen-bond donors (Lipinski definition) is 1. The van der Waals surface area contributed by atoms with Crippen LogP contribution < -0.4 is 15.9 Å². The number of aryl methyl sites for hydroxylation is 1. The number of anilines is 1. The number of hydrogen-bond acceptors (Lipinski definition) is 3. The van der Waals surface area contributed by atoms with E-state index in [0.717, 1.165) is 31.4 Å². The topological polar surface area (TPSA) is 33.6 Å². The molecule has 4 rings (SSSR count). The minimum absolute atomic E-state index is 0.128. The first-order valence-electron chi connectivity index (χ1n) is 8.39. The van der Waals surface area contributed by atoms with Crippen LogP contribution in [0.5, 0.6) is 0 Å². The average molecular weight is 306 g/mol.